The molecule has 128 valence electrons. The number of nitrogens with one attached hydrogen (secondary N) is 1. The minimum Gasteiger partial charge on any atom is -0.379 e. The topological polar surface area (TPSA) is 54.5 Å². The number of hydrogen-bond donors (Lipinski definition) is 1. The number of aryl methyl sites for hydroxylation is 1. The summed E-state index contributed by atoms with van der Waals surface area (Å²) in [6, 6.07) is 5.73. The number of benzene rings is 1. The lowest BCUT2D eigenvalue weighted by Gasteiger charge is -2.33. The molecule has 0 radical (unpaired) electrons. The normalized spacial score (nSPS) is 16.8. The van der Waals surface area contributed by atoms with Gasteiger partial charge in [-0.25, -0.2) is 9.37 Å². The molecule has 7 heteroatoms. The third-order valence-corrected chi connectivity index (χ3v) is 4.84. The van der Waals surface area contributed by atoms with E-state index in [0.717, 1.165) is 9.88 Å². The molecule has 2 heterocycles. The van der Waals surface area contributed by atoms with Crippen LogP contribution in [0.5, 0.6) is 0 Å². The highest BCUT2D eigenvalue weighted by Gasteiger charge is 2.29. The molecule has 1 atom stereocenters. The average Bonchev–Trinajstić information content (AvgIpc) is 3.00. The Morgan fingerprint density at radius 3 is 2.92 bits per heavy atom. The summed E-state index contributed by atoms with van der Waals surface area (Å²) in [6.45, 7) is 4.81. The van der Waals surface area contributed by atoms with Gasteiger partial charge in [-0.1, -0.05) is 12.1 Å². The van der Waals surface area contributed by atoms with Crippen molar-refractivity contribution in [1.29, 1.82) is 0 Å². The van der Waals surface area contributed by atoms with E-state index in [-0.39, 0.29) is 11.7 Å². The summed E-state index contributed by atoms with van der Waals surface area (Å²) in [4.78, 5) is 20.0. The second-order valence-electron chi connectivity index (χ2n) is 5.67. The Labute approximate surface area is 144 Å². The van der Waals surface area contributed by atoms with E-state index in [0.29, 0.717) is 38.4 Å². The van der Waals surface area contributed by atoms with Gasteiger partial charge in [-0.15, -0.1) is 11.3 Å². The number of morpholine rings is 1. The quantitative estimate of drug-likeness (QED) is 0.900. The summed E-state index contributed by atoms with van der Waals surface area (Å²) >= 11 is 1.56. The van der Waals surface area contributed by atoms with Gasteiger partial charge in [0, 0.05) is 24.2 Å². The molecule has 5 nitrogen and oxygen atoms in total. The largest absolute Gasteiger partial charge is 0.379 e. The lowest BCUT2D eigenvalue weighted by Crippen LogP contribution is -2.45. The van der Waals surface area contributed by atoms with Gasteiger partial charge in [-0.3, -0.25) is 9.69 Å². The molecule has 1 fully saturated rings. The fourth-order valence-corrected chi connectivity index (χ4v) is 3.53. The first-order valence-electron chi connectivity index (χ1n) is 7.90. The molecule has 0 aliphatic carbocycles. The Hall–Kier alpha value is -1.83. The third-order valence-electron chi connectivity index (χ3n) is 3.93. The number of nitrogens with zero attached hydrogens (tertiary/aromatic N) is 2. The third kappa shape index (κ3) is 4.17. The Morgan fingerprint density at radius 2 is 2.25 bits per heavy atom. The van der Waals surface area contributed by atoms with Crippen molar-refractivity contribution in [2.24, 2.45) is 0 Å². The molecule has 1 aliphatic heterocycles. The number of thiazole rings is 1. The van der Waals surface area contributed by atoms with Crippen LogP contribution in [0, 0.1) is 12.7 Å². The molecule has 1 aromatic carbocycles. The van der Waals surface area contributed by atoms with E-state index < -0.39 is 6.04 Å². The van der Waals surface area contributed by atoms with Gasteiger partial charge >= 0.3 is 0 Å². The predicted octanol–water partition coefficient (Wildman–Crippen LogP) is 2.28. The summed E-state index contributed by atoms with van der Waals surface area (Å²) in [5.74, 6) is -0.467. The van der Waals surface area contributed by atoms with Crippen LogP contribution in [-0.4, -0.2) is 42.1 Å². The molecule has 24 heavy (non-hydrogen) atoms. The molecule has 2 aromatic rings. The number of rotatable bonds is 5. The van der Waals surface area contributed by atoms with Crippen molar-refractivity contribution in [2.75, 3.05) is 26.3 Å². The zero-order valence-electron chi connectivity index (χ0n) is 13.5. The van der Waals surface area contributed by atoms with Crippen molar-refractivity contribution in [3.05, 3.63) is 51.7 Å². The number of carbonyl (C=O) groups is 1. The summed E-state index contributed by atoms with van der Waals surface area (Å²) in [7, 11) is 0. The Kier molecular flexibility index (Phi) is 5.55. The SMILES string of the molecule is Cc1ncc(CNC(=O)[C@@H](c2cccc(F)c2)N2CCOCC2)s1. The highest BCUT2D eigenvalue weighted by molar-refractivity contribution is 7.11. The zero-order valence-corrected chi connectivity index (χ0v) is 14.3. The Bertz CT molecular complexity index is 701. The van der Waals surface area contributed by atoms with Gasteiger partial charge in [0.25, 0.3) is 0 Å². The van der Waals surface area contributed by atoms with Crippen LogP contribution in [0.4, 0.5) is 4.39 Å². The maximum absolute atomic E-state index is 13.6. The van der Waals surface area contributed by atoms with Crippen LogP contribution < -0.4 is 5.32 Å². The second kappa shape index (κ2) is 7.83. The van der Waals surface area contributed by atoms with E-state index in [9.17, 15) is 9.18 Å². The molecular formula is C17H20FN3O2S. The van der Waals surface area contributed by atoms with E-state index in [1.165, 1.54) is 12.1 Å². The van der Waals surface area contributed by atoms with Gasteiger partial charge in [0.2, 0.25) is 5.91 Å². The first-order chi connectivity index (χ1) is 11.6. The smallest absolute Gasteiger partial charge is 0.242 e. The van der Waals surface area contributed by atoms with E-state index in [2.05, 4.69) is 10.3 Å². The van der Waals surface area contributed by atoms with E-state index in [1.54, 1.807) is 29.7 Å². The van der Waals surface area contributed by atoms with Gasteiger partial charge in [0.1, 0.15) is 11.9 Å². The van der Waals surface area contributed by atoms with Crippen molar-refractivity contribution in [1.82, 2.24) is 15.2 Å². The molecule has 1 aromatic heterocycles. The summed E-state index contributed by atoms with van der Waals surface area (Å²) in [5, 5.41) is 3.92. The lowest BCUT2D eigenvalue weighted by atomic mass is 10.0. The van der Waals surface area contributed by atoms with Gasteiger partial charge < -0.3 is 10.1 Å². The first-order valence-corrected chi connectivity index (χ1v) is 8.71. The van der Waals surface area contributed by atoms with Crippen LogP contribution in [0.15, 0.2) is 30.5 Å². The summed E-state index contributed by atoms with van der Waals surface area (Å²) < 4.78 is 19.0. The molecule has 0 spiro atoms. The number of hydrogen-bond acceptors (Lipinski definition) is 5. The Morgan fingerprint density at radius 1 is 1.46 bits per heavy atom. The van der Waals surface area contributed by atoms with Crippen LogP contribution in [-0.2, 0) is 16.1 Å². The molecule has 0 saturated carbocycles. The summed E-state index contributed by atoms with van der Waals surface area (Å²) in [5.41, 5.74) is 0.662. The van der Waals surface area contributed by atoms with Crippen LogP contribution >= 0.6 is 11.3 Å². The summed E-state index contributed by atoms with van der Waals surface area (Å²) in [6.07, 6.45) is 1.77. The fraction of sp³-hybridized carbons (Fsp3) is 0.412. The minimum atomic E-state index is -0.515. The van der Waals surface area contributed by atoms with Crippen LogP contribution in [0.2, 0.25) is 0 Å². The van der Waals surface area contributed by atoms with Gasteiger partial charge in [0.15, 0.2) is 0 Å². The van der Waals surface area contributed by atoms with Crippen molar-refractivity contribution >= 4 is 17.2 Å². The molecular weight excluding hydrogens is 329 g/mol. The maximum atomic E-state index is 13.6. The lowest BCUT2D eigenvalue weighted by molar-refractivity contribution is -0.128. The van der Waals surface area contributed by atoms with Crippen molar-refractivity contribution in [2.45, 2.75) is 19.5 Å². The maximum Gasteiger partial charge on any atom is 0.242 e. The molecule has 1 N–H and O–H groups in total. The van der Waals surface area contributed by atoms with Crippen molar-refractivity contribution in [3.63, 3.8) is 0 Å². The van der Waals surface area contributed by atoms with E-state index >= 15 is 0 Å². The van der Waals surface area contributed by atoms with E-state index in [4.69, 9.17) is 4.74 Å². The molecule has 1 amide bonds. The molecule has 0 unspecified atom stereocenters. The fourth-order valence-electron chi connectivity index (χ4n) is 2.80. The standard InChI is InChI=1S/C17H20FN3O2S/c1-12-19-10-15(24-12)11-20-17(22)16(21-5-7-23-8-6-21)13-3-2-4-14(18)9-13/h2-4,9-10,16H,5-8,11H2,1H3,(H,20,22)/t16-/m1/s1. The molecule has 1 aliphatic rings. The zero-order chi connectivity index (χ0) is 16.9. The van der Waals surface area contributed by atoms with Crippen molar-refractivity contribution < 1.29 is 13.9 Å². The first kappa shape index (κ1) is 17.0. The predicted molar refractivity (Wildman–Crippen MR) is 90.2 cm³/mol. The van der Waals surface area contributed by atoms with Gasteiger partial charge in [-0.2, -0.15) is 0 Å². The van der Waals surface area contributed by atoms with Crippen molar-refractivity contribution in [3.8, 4) is 0 Å². The minimum absolute atomic E-state index is 0.131. The van der Waals surface area contributed by atoms with Crippen LogP contribution in [0.25, 0.3) is 0 Å². The second-order valence-corrected chi connectivity index (χ2v) is 6.99. The highest BCUT2D eigenvalue weighted by atomic mass is 32.1. The van der Waals surface area contributed by atoms with Crippen LogP contribution in [0.3, 0.4) is 0 Å². The van der Waals surface area contributed by atoms with Gasteiger partial charge in [0.05, 0.1) is 24.8 Å². The molecule has 1 saturated heterocycles. The number of aromatic nitrogens is 1. The monoisotopic (exact) mass is 349 g/mol. The number of amides is 1. The number of ether oxygens (including phenoxy) is 1. The molecule has 0 bridgehead atoms. The highest BCUT2D eigenvalue weighted by Crippen LogP contribution is 2.23. The number of carbonyl (C=O) groups excluding carboxylic acids is 1. The molecule has 3 rings (SSSR count). The van der Waals surface area contributed by atoms with Crippen LogP contribution in [0.1, 0.15) is 21.5 Å². The number of halogens is 1. The van der Waals surface area contributed by atoms with Gasteiger partial charge in [-0.05, 0) is 24.6 Å². The average molecular weight is 349 g/mol. The Balaban J connectivity index is 1.76. The van der Waals surface area contributed by atoms with E-state index in [1.807, 2.05) is 11.8 Å².